The van der Waals surface area contributed by atoms with Gasteiger partial charge in [0.15, 0.2) is 11.4 Å². The molecule has 0 aromatic rings. The van der Waals surface area contributed by atoms with E-state index in [0.29, 0.717) is 37.9 Å². The van der Waals surface area contributed by atoms with Gasteiger partial charge < -0.3 is 28.8 Å². The van der Waals surface area contributed by atoms with Crippen LogP contribution in [0.15, 0.2) is 35.5 Å². The third kappa shape index (κ3) is 3.48. The van der Waals surface area contributed by atoms with E-state index >= 15 is 0 Å². The summed E-state index contributed by atoms with van der Waals surface area (Å²) in [5.74, 6) is -1.41. The van der Waals surface area contributed by atoms with Gasteiger partial charge in [-0.25, -0.2) is 9.59 Å². The van der Waals surface area contributed by atoms with Gasteiger partial charge in [0, 0.05) is 24.0 Å². The molecule has 4 fully saturated rings. The molecule has 4 bridgehead atoms. The van der Waals surface area contributed by atoms with Crippen molar-refractivity contribution in [1.29, 1.82) is 0 Å². The molecule has 9 heteroatoms. The fourth-order valence-corrected chi connectivity index (χ4v) is 7.88. The Balaban J connectivity index is 1.42. The molecule has 0 aromatic heterocycles. The lowest BCUT2D eigenvalue weighted by Gasteiger charge is -2.58. The van der Waals surface area contributed by atoms with Gasteiger partial charge in [0.25, 0.3) is 0 Å². The quantitative estimate of drug-likeness (QED) is 0.311. The summed E-state index contributed by atoms with van der Waals surface area (Å²) in [5.41, 5.74) is -1.77. The van der Waals surface area contributed by atoms with Crippen molar-refractivity contribution < 1.29 is 43.2 Å². The van der Waals surface area contributed by atoms with Gasteiger partial charge in [-0.15, -0.1) is 0 Å². The molecule has 2 spiro atoms. The Morgan fingerprint density at radius 3 is 2.61 bits per heavy atom. The molecule has 8 atom stereocenters. The van der Waals surface area contributed by atoms with Crippen LogP contribution in [0.3, 0.4) is 0 Å². The minimum atomic E-state index is -1.49. The molecule has 4 heterocycles. The summed E-state index contributed by atoms with van der Waals surface area (Å²) in [4.78, 5) is 38.9. The molecule has 206 valence electrons. The van der Waals surface area contributed by atoms with Gasteiger partial charge in [-0.3, -0.25) is 4.79 Å². The van der Waals surface area contributed by atoms with Gasteiger partial charge in [0.1, 0.15) is 24.4 Å². The van der Waals surface area contributed by atoms with Gasteiger partial charge in [-0.1, -0.05) is 24.6 Å². The molecule has 1 saturated carbocycles. The number of aliphatic hydroxyl groups excluding tert-OH is 1. The molecule has 9 nitrogen and oxygen atoms in total. The van der Waals surface area contributed by atoms with Gasteiger partial charge in [-0.05, 0) is 51.5 Å². The van der Waals surface area contributed by atoms with E-state index in [-0.39, 0.29) is 37.6 Å². The van der Waals surface area contributed by atoms with Crippen LogP contribution in [0, 0.1) is 10.8 Å². The summed E-state index contributed by atoms with van der Waals surface area (Å²) in [6.45, 7) is 6.28. The number of hydrogen-bond acceptors (Lipinski definition) is 9. The number of ether oxygens (including phenoxy) is 5. The van der Waals surface area contributed by atoms with Crippen molar-refractivity contribution in [1.82, 2.24) is 0 Å². The normalized spacial score (nSPS) is 47.3. The number of epoxide rings is 1. The lowest BCUT2D eigenvalue weighted by Crippen LogP contribution is -2.66. The number of allylic oxidation sites excluding steroid dienone is 2. The monoisotopic (exact) mass is 528 g/mol. The van der Waals surface area contributed by atoms with Crippen LogP contribution in [0.4, 0.5) is 0 Å². The molecule has 2 aliphatic carbocycles. The number of esters is 2. The number of ketones is 1. The van der Waals surface area contributed by atoms with Gasteiger partial charge in [-0.2, -0.15) is 0 Å². The standard InChI is InChI=1S/C29H36O9/c1-17-7-10-27-15-34-24(32)13-19-8-11-35-28(18(2)30,25(19)33)9-5-4-6-23(31)38-20-14-22(37-21(27)12-17)29(16-36-29)26(20,27)3/h4,6,12-13,20-22,25,33H,5,7-11,14-16H2,1-3H3/b6-4+,19-13?/t20-,21-,22-,25?,26-,27-,28-,29+/m1/s1. The van der Waals surface area contributed by atoms with E-state index in [1.165, 1.54) is 24.6 Å². The van der Waals surface area contributed by atoms with E-state index in [0.717, 1.165) is 6.42 Å². The summed E-state index contributed by atoms with van der Waals surface area (Å²) in [6, 6.07) is 0. The van der Waals surface area contributed by atoms with Crippen molar-refractivity contribution in [3.8, 4) is 0 Å². The number of fused-ring (bicyclic) bond motifs is 2. The fourth-order valence-electron chi connectivity index (χ4n) is 7.88. The highest BCUT2D eigenvalue weighted by molar-refractivity contribution is 5.88. The predicted molar refractivity (Wildman–Crippen MR) is 133 cm³/mol. The highest BCUT2D eigenvalue weighted by Gasteiger charge is 2.83. The Morgan fingerprint density at radius 2 is 1.87 bits per heavy atom. The van der Waals surface area contributed by atoms with E-state index in [1.807, 2.05) is 0 Å². The van der Waals surface area contributed by atoms with E-state index in [9.17, 15) is 19.5 Å². The summed E-state index contributed by atoms with van der Waals surface area (Å²) >= 11 is 0. The molecule has 38 heavy (non-hydrogen) atoms. The molecule has 0 amide bonds. The van der Waals surface area contributed by atoms with Gasteiger partial charge >= 0.3 is 11.9 Å². The number of Topliss-reactive ketones (excluding diaryl/α,β-unsaturated/α-hetero) is 1. The van der Waals surface area contributed by atoms with Crippen LogP contribution >= 0.6 is 0 Å². The molecule has 3 saturated heterocycles. The van der Waals surface area contributed by atoms with Crippen molar-refractivity contribution in [2.75, 3.05) is 19.8 Å². The second-order valence-electron chi connectivity index (χ2n) is 12.0. The minimum Gasteiger partial charge on any atom is -0.462 e. The first-order chi connectivity index (χ1) is 18.1. The van der Waals surface area contributed by atoms with Crippen molar-refractivity contribution in [2.45, 2.75) is 94.9 Å². The lowest BCUT2D eigenvalue weighted by atomic mass is 9.51. The van der Waals surface area contributed by atoms with Crippen LogP contribution in [-0.4, -0.2) is 78.3 Å². The van der Waals surface area contributed by atoms with E-state index in [4.69, 9.17) is 23.7 Å². The first-order valence-electron chi connectivity index (χ1n) is 13.6. The molecule has 0 radical (unpaired) electrons. The second kappa shape index (κ2) is 8.84. The van der Waals surface area contributed by atoms with Crippen molar-refractivity contribution >= 4 is 17.7 Å². The van der Waals surface area contributed by atoms with E-state index < -0.39 is 46.2 Å². The Hall–Kier alpha value is -2.33. The second-order valence-corrected chi connectivity index (χ2v) is 12.0. The highest BCUT2D eigenvalue weighted by atomic mass is 16.6. The van der Waals surface area contributed by atoms with Crippen LogP contribution in [0.1, 0.15) is 59.3 Å². The summed E-state index contributed by atoms with van der Waals surface area (Å²) in [5, 5.41) is 11.2. The maximum atomic E-state index is 13.2. The molecule has 0 aromatic carbocycles. The Kier molecular flexibility index (Phi) is 6.03. The Bertz CT molecular complexity index is 1150. The Morgan fingerprint density at radius 1 is 1.08 bits per heavy atom. The maximum Gasteiger partial charge on any atom is 0.330 e. The average molecular weight is 529 g/mol. The zero-order valence-electron chi connectivity index (χ0n) is 22.2. The van der Waals surface area contributed by atoms with Crippen LogP contribution in [0.5, 0.6) is 0 Å². The number of cyclic esters (lactones) is 1. The zero-order chi connectivity index (χ0) is 26.9. The molecule has 6 aliphatic rings. The molecule has 1 N–H and O–H groups in total. The third-order valence-electron chi connectivity index (χ3n) is 10.3. The third-order valence-corrected chi connectivity index (χ3v) is 10.3. The number of aliphatic hydroxyl groups is 1. The summed E-state index contributed by atoms with van der Waals surface area (Å²) < 4.78 is 30.6. The van der Waals surface area contributed by atoms with Crippen LogP contribution in [-0.2, 0) is 38.1 Å². The zero-order valence-corrected chi connectivity index (χ0v) is 22.2. The van der Waals surface area contributed by atoms with Crippen LogP contribution in [0.25, 0.3) is 0 Å². The average Bonchev–Trinajstić information content (AvgIpc) is 3.65. The topological polar surface area (TPSA) is 121 Å². The number of rotatable bonds is 1. The van der Waals surface area contributed by atoms with Gasteiger partial charge in [0.2, 0.25) is 0 Å². The smallest absolute Gasteiger partial charge is 0.330 e. The van der Waals surface area contributed by atoms with Crippen molar-refractivity contribution in [2.24, 2.45) is 10.8 Å². The van der Waals surface area contributed by atoms with Gasteiger partial charge in [0.05, 0.1) is 30.8 Å². The number of carbonyl (C=O) groups is 3. The largest absolute Gasteiger partial charge is 0.462 e. The predicted octanol–water partition coefficient (Wildman–Crippen LogP) is 2.50. The van der Waals surface area contributed by atoms with Crippen molar-refractivity contribution in [3.63, 3.8) is 0 Å². The van der Waals surface area contributed by atoms with E-state index in [2.05, 4.69) is 19.9 Å². The summed E-state index contributed by atoms with van der Waals surface area (Å²) in [7, 11) is 0. The minimum absolute atomic E-state index is 0.0483. The fraction of sp³-hybridized carbons (Fsp3) is 0.690. The molecular weight excluding hydrogens is 492 g/mol. The summed E-state index contributed by atoms with van der Waals surface area (Å²) in [6.07, 6.45) is 6.90. The molecular formula is C29H36O9. The molecule has 6 rings (SSSR count). The first-order valence-corrected chi connectivity index (χ1v) is 13.6. The number of carbonyl (C=O) groups excluding carboxylic acids is 3. The highest BCUT2D eigenvalue weighted by Crippen LogP contribution is 2.72. The maximum absolute atomic E-state index is 13.2. The first kappa shape index (κ1) is 25.9. The SMILES string of the molecule is CC(=O)[C@@]12CC/C=C/C(=O)O[C@@H]3C[C@H]4O[C@@H]5C=C(C)CC[C@]5(COC(=O)C=C(CCO1)C2O)[C@]3(C)[C@]41CO1. The van der Waals surface area contributed by atoms with Crippen molar-refractivity contribution in [3.05, 3.63) is 35.5 Å². The van der Waals surface area contributed by atoms with E-state index in [1.54, 1.807) is 6.08 Å². The Labute approximate surface area is 222 Å². The van der Waals surface area contributed by atoms with Crippen LogP contribution in [0.2, 0.25) is 0 Å². The van der Waals surface area contributed by atoms with Crippen LogP contribution < -0.4 is 0 Å². The molecule has 1 unspecified atom stereocenters. The molecule has 4 aliphatic heterocycles. The number of hydrogen-bond donors (Lipinski definition) is 1. The lowest BCUT2D eigenvalue weighted by molar-refractivity contribution is -0.232.